The molecule has 0 aliphatic heterocycles. The van der Waals surface area contributed by atoms with Crippen molar-refractivity contribution < 1.29 is 0 Å². The van der Waals surface area contributed by atoms with Crippen molar-refractivity contribution in [2.45, 2.75) is 6.92 Å². The second-order valence-corrected chi connectivity index (χ2v) is 3.61. The van der Waals surface area contributed by atoms with Gasteiger partial charge in [0, 0.05) is 10.0 Å². The molecule has 0 fully saturated rings. The molecular formula is C10H9BrS. The summed E-state index contributed by atoms with van der Waals surface area (Å²) < 4.78 is 1.05. The molecule has 12 heavy (non-hydrogen) atoms. The fourth-order valence-electron chi connectivity index (χ4n) is 0.856. The molecule has 0 radical (unpaired) electrons. The van der Waals surface area contributed by atoms with Crippen LogP contribution in [0.2, 0.25) is 0 Å². The third kappa shape index (κ3) is 2.58. The number of aryl methyl sites for hydroxylation is 1. The standard InChI is InChI=1S/C10H9BrS/c1-8-4-5-9(3-2-6-12)10(11)7-8/h4-5,7,12H,6H2,1H3. The summed E-state index contributed by atoms with van der Waals surface area (Å²) in [6, 6.07) is 6.12. The fraction of sp³-hybridized carbons (Fsp3) is 0.200. The van der Waals surface area contributed by atoms with Crippen LogP contribution in [0.15, 0.2) is 22.7 Å². The molecule has 0 saturated heterocycles. The van der Waals surface area contributed by atoms with Gasteiger partial charge in [-0.25, -0.2) is 0 Å². The molecule has 0 aliphatic carbocycles. The lowest BCUT2D eigenvalue weighted by Gasteiger charge is -1.96. The van der Waals surface area contributed by atoms with Gasteiger partial charge in [0.15, 0.2) is 0 Å². The zero-order valence-corrected chi connectivity index (χ0v) is 9.24. The van der Waals surface area contributed by atoms with Gasteiger partial charge in [-0.3, -0.25) is 0 Å². The molecule has 0 aliphatic rings. The Kier molecular flexibility index (Phi) is 3.71. The maximum Gasteiger partial charge on any atom is 0.0521 e. The highest BCUT2D eigenvalue weighted by Crippen LogP contribution is 2.16. The van der Waals surface area contributed by atoms with Gasteiger partial charge in [-0.2, -0.15) is 12.6 Å². The molecule has 0 amide bonds. The second-order valence-electron chi connectivity index (χ2n) is 2.44. The molecule has 0 aromatic heterocycles. The van der Waals surface area contributed by atoms with E-state index < -0.39 is 0 Å². The van der Waals surface area contributed by atoms with E-state index >= 15 is 0 Å². The maximum atomic E-state index is 4.02. The van der Waals surface area contributed by atoms with E-state index in [0.717, 1.165) is 10.0 Å². The van der Waals surface area contributed by atoms with E-state index in [1.807, 2.05) is 12.1 Å². The van der Waals surface area contributed by atoms with E-state index in [4.69, 9.17) is 0 Å². The molecule has 0 atom stereocenters. The Morgan fingerprint density at radius 2 is 2.25 bits per heavy atom. The van der Waals surface area contributed by atoms with Crippen LogP contribution in [-0.4, -0.2) is 5.75 Å². The minimum atomic E-state index is 0.598. The highest BCUT2D eigenvalue weighted by Gasteiger charge is 1.94. The summed E-state index contributed by atoms with van der Waals surface area (Å²) in [5.41, 5.74) is 2.26. The first-order valence-electron chi connectivity index (χ1n) is 3.60. The Morgan fingerprint density at radius 3 is 2.83 bits per heavy atom. The fourth-order valence-corrected chi connectivity index (χ4v) is 1.53. The summed E-state index contributed by atoms with van der Waals surface area (Å²) in [5.74, 6) is 6.52. The van der Waals surface area contributed by atoms with E-state index in [9.17, 15) is 0 Å². The third-order valence-electron chi connectivity index (χ3n) is 1.43. The van der Waals surface area contributed by atoms with Crippen molar-refractivity contribution in [1.82, 2.24) is 0 Å². The van der Waals surface area contributed by atoms with Crippen molar-refractivity contribution in [3.8, 4) is 11.8 Å². The monoisotopic (exact) mass is 240 g/mol. The maximum absolute atomic E-state index is 4.02. The van der Waals surface area contributed by atoms with Gasteiger partial charge in [0.05, 0.1) is 5.75 Å². The van der Waals surface area contributed by atoms with Gasteiger partial charge in [-0.1, -0.05) is 17.9 Å². The summed E-state index contributed by atoms with van der Waals surface area (Å²) in [6.45, 7) is 2.06. The minimum Gasteiger partial charge on any atom is -0.166 e. The summed E-state index contributed by atoms with van der Waals surface area (Å²) in [6.07, 6.45) is 0. The molecule has 0 saturated carbocycles. The highest BCUT2D eigenvalue weighted by molar-refractivity contribution is 9.10. The van der Waals surface area contributed by atoms with Crippen molar-refractivity contribution in [2.75, 3.05) is 5.75 Å². The van der Waals surface area contributed by atoms with Crippen LogP contribution in [0.25, 0.3) is 0 Å². The lowest BCUT2D eigenvalue weighted by Crippen LogP contribution is -1.79. The number of rotatable bonds is 0. The average Bonchev–Trinajstić information content (AvgIpc) is 2.03. The van der Waals surface area contributed by atoms with Gasteiger partial charge in [0.1, 0.15) is 0 Å². The Bertz CT molecular complexity index is 333. The molecule has 62 valence electrons. The molecule has 1 aromatic rings. The zero-order valence-electron chi connectivity index (χ0n) is 6.76. The SMILES string of the molecule is Cc1ccc(C#CCS)c(Br)c1. The normalized spacial score (nSPS) is 8.92. The van der Waals surface area contributed by atoms with Crippen molar-refractivity contribution in [3.05, 3.63) is 33.8 Å². The van der Waals surface area contributed by atoms with Gasteiger partial charge in [-0.15, -0.1) is 0 Å². The summed E-state index contributed by atoms with van der Waals surface area (Å²) in [5, 5.41) is 0. The largest absolute Gasteiger partial charge is 0.166 e. The van der Waals surface area contributed by atoms with Crippen LogP contribution in [0.1, 0.15) is 11.1 Å². The van der Waals surface area contributed by atoms with Gasteiger partial charge in [0.2, 0.25) is 0 Å². The van der Waals surface area contributed by atoms with Crippen molar-refractivity contribution in [3.63, 3.8) is 0 Å². The number of hydrogen-bond donors (Lipinski definition) is 1. The smallest absolute Gasteiger partial charge is 0.0521 e. The third-order valence-corrected chi connectivity index (χ3v) is 2.24. The molecule has 2 heteroatoms. The summed E-state index contributed by atoms with van der Waals surface area (Å²) >= 11 is 7.47. The Balaban J connectivity index is 3.01. The van der Waals surface area contributed by atoms with E-state index in [1.54, 1.807) is 0 Å². The lowest BCUT2D eigenvalue weighted by molar-refractivity contribution is 1.43. The number of hydrogen-bond acceptors (Lipinski definition) is 1. The Labute approximate surface area is 86.9 Å². The predicted octanol–water partition coefficient (Wildman–Crippen LogP) is 3.04. The zero-order chi connectivity index (χ0) is 8.97. The second kappa shape index (κ2) is 4.59. The van der Waals surface area contributed by atoms with Crippen molar-refractivity contribution >= 4 is 28.6 Å². The molecule has 1 rings (SSSR count). The average molecular weight is 241 g/mol. The van der Waals surface area contributed by atoms with Crippen LogP contribution in [-0.2, 0) is 0 Å². The topological polar surface area (TPSA) is 0 Å². The molecular weight excluding hydrogens is 232 g/mol. The first-order valence-corrected chi connectivity index (χ1v) is 5.02. The van der Waals surface area contributed by atoms with E-state index in [2.05, 4.69) is 53.4 Å². The van der Waals surface area contributed by atoms with Crippen LogP contribution in [0.4, 0.5) is 0 Å². The molecule has 0 heterocycles. The molecule has 0 bridgehead atoms. The van der Waals surface area contributed by atoms with Crippen molar-refractivity contribution in [1.29, 1.82) is 0 Å². The first-order chi connectivity index (χ1) is 5.74. The number of thiol groups is 1. The lowest BCUT2D eigenvalue weighted by atomic mass is 10.2. The molecule has 1 aromatic carbocycles. The van der Waals surface area contributed by atoms with Crippen LogP contribution < -0.4 is 0 Å². The van der Waals surface area contributed by atoms with Crippen LogP contribution >= 0.6 is 28.6 Å². The Morgan fingerprint density at radius 1 is 1.50 bits per heavy atom. The minimum absolute atomic E-state index is 0.598. The van der Waals surface area contributed by atoms with E-state index in [1.165, 1.54) is 5.56 Å². The molecule has 0 N–H and O–H groups in total. The number of halogens is 1. The first kappa shape index (κ1) is 9.70. The summed E-state index contributed by atoms with van der Waals surface area (Å²) in [4.78, 5) is 0. The van der Waals surface area contributed by atoms with Crippen LogP contribution in [0.3, 0.4) is 0 Å². The summed E-state index contributed by atoms with van der Waals surface area (Å²) in [7, 11) is 0. The van der Waals surface area contributed by atoms with Gasteiger partial charge >= 0.3 is 0 Å². The Hall–Kier alpha value is -0.390. The predicted molar refractivity (Wildman–Crippen MR) is 59.6 cm³/mol. The molecule has 0 spiro atoms. The van der Waals surface area contributed by atoms with Crippen LogP contribution in [0.5, 0.6) is 0 Å². The molecule has 0 unspecified atom stereocenters. The number of benzene rings is 1. The van der Waals surface area contributed by atoms with Gasteiger partial charge in [-0.05, 0) is 40.5 Å². The quantitative estimate of drug-likeness (QED) is 0.523. The van der Waals surface area contributed by atoms with E-state index in [-0.39, 0.29) is 0 Å². The molecule has 0 nitrogen and oxygen atoms in total. The van der Waals surface area contributed by atoms with Gasteiger partial charge in [0.25, 0.3) is 0 Å². The van der Waals surface area contributed by atoms with Gasteiger partial charge < -0.3 is 0 Å². The highest BCUT2D eigenvalue weighted by atomic mass is 79.9. The van der Waals surface area contributed by atoms with Crippen LogP contribution in [0, 0.1) is 18.8 Å². The van der Waals surface area contributed by atoms with Crippen molar-refractivity contribution in [2.24, 2.45) is 0 Å². The van der Waals surface area contributed by atoms with E-state index in [0.29, 0.717) is 5.75 Å².